The third-order valence-electron chi connectivity index (χ3n) is 4.61. The van der Waals surface area contributed by atoms with Gasteiger partial charge in [0, 0.05) is 35.5 Å². The lowest BCUT2D eigenvalue weighted by Crippen LogP contribution is -2.25. The van der Waals surface area contributed by atoms with Crippen molar-refractivity contribution >= 4 is 28.1 Å². The first-order valence-electron chi connectivity index (χ1n) is 9.60. The van der Waals surface area contributed by atoms with Gasteiger partial charge in [-0.3, -0.25) is 9.59 Å². The van der Waals surface area contributed by atoms with Crippen LogP contribution >= 0.6 is 11.3 Å². The van der Waals surface area contributed by atoms with Crippen LogP contribution in [0.3, 0.4) is 0 Å². The molecule has 0 saturated heterocycles. The Morgan fingerprint density at radius 3 is 2.71 bits per heavy atom. The van der Waals surface area contributed by atoms with Crippen LogP contribution in [-0.2, 0) is 13.0 Å². The summed E-state index contributed by atoms with van der Waals surface area (Å²) in [7, 11) is 1.59. The molecule has 0 unspecified atom stereocenters. The molecule has 9 heteroatoms. The number of ether oxygens (including phenoxy) is 2. The Bertz CT molecular complexity index is 1250. The van der Waals surface area contributed by atoms with Gasteiger partial charge in [0.1, 0.15) is 17.4 Å². The van der Waals surface area contributed by atoms with Crippen molar-refractivity contribution in [2.45, 2.75) is 13.0 Å². The van der Waals surface area contributed by atoms with Gasteiger partial charge in [-0.15, -0.1) is 0 Å². The average molecular weight is 436 g/mol. The van der Waals surface area contributed by atoms with E-state index < -0.39 is 0 Å². The first-order valence-corrected chi connectivity index (χ1v) is 10.4. The predicted octanol–water partition coefficient (Wildman–Crippen LogP) is 2.94. The number of carbonyl (C=O) groups is 1. The van der Waals surface area contributed by atoms with Crippen LogP contribution in [0.15, 0.2) is 59.4 Å². The summed E-state index contributed by atoms with van der Waals surface area (Å²) >= 11 is 1.04. The molecule has 4 aromatic rings. The molecule has 2 aromatic carbocycles. The highest BCUT2D eigenvalue weighted by atomic mass is 32.1. The molecule has 0 fully saturated rings. The smallest absolute Gasteiger partial charge is 0.322 e. The van der Waals surface area contributed by atoms with Crippen molar-refractivity contribution in [3.63, 3.8) is 0 Å². The van der Waals surface area contributed by atoms with Gasteiger partial charge >= 0.3 is 4.87 Å². The fourth-order valence-corrected chi connectivity index (χ4v) is 3.66. The fraction of sp³-hybridized carbons (Fsp3) is 0.182. The quantitative estimate of drug-likeness (QED) is 0.440. The van der Waals surface area contributed by atoms with Crippen LogP contribution in [0.5, 0.6) is 11.6 Å². The van der Waals surface area contributed by atoms with Crippen molar-refractivity contribution in [3.8, 4) is 11.6 Å². The van der Waals surface area contributed by atoms with Crippen LogP contribution in [-0.4, -0.2) is 34.7 Å². The lowest BCUT2D eigenvalue weighted by molar-refractivity contribution is 0.0954. The van der Waals surface area contributed by atoms with Crippen LogP contribution < -0.4 is 19.7 Å². The lowest BCUT2D eigenvalue weighted by atomic mass is 10.1. The summed E-state index contributed by atoms with van der Waals surface area (Å²) in [6.45, 7) is 0.742. The predicted molar refractivity (Wildman–Crippen MR) is 118 cm³/mol. The molecule has 0 atom stereocenters. The Labute approximate surface area is 181 Å². The van der Waals surface area contributed by atoms with Crippen molar-refractivity contribution in [2.75, 3.05) is 13.7 Å². The Morgan fingerprint density at radius 1 is 1.16 bits per heavy atom. The van der Waals surface area contributed by atoms with Crippen LogP contribution in [0, 0.1) is 0 Å². The zero-order valence-corrected chi connectivity index (χ0v) is 17.6. The minimum atomic E-state index is -0.199. The van der Waals surface area contributed by atoms with E-state index in [2.05, 4.69) is 20.5 Å². The largest absolute Gasteiger partial charge is 0.489 e. The summed E-state index contributed by atoms with van der Waals surface area (Å²) in [5.74, 6) is 0.989. The Morgan fingerprint density at radius 2 is 1.97 bits per heavy atom. The Hall–Kier alpha value is -3.72. The lowest BCUT2D eigenvalue weighted by Gasteiger charge is -2.11. The van der Waals surface area contributed by atoms with E-state index in [9.17, 15) is 9.59 Å². The highest BCUT2D eigenvalue weighted by molar-refractivity contribution is 7.08. The van der Waals surface area contributed by atoms with E-state index in [-0.39, 0.29) is 10.8 Å². The van der Waals surface area contributed by atoms with E-state index in [4.69, 9.17) is 9.47 Å². The number of aromatic nitrogens is 3. The number of amides is 1. The second-order valence-electron chi connectivity index (χ2n) is 6.67. The summed E-state index contributed by atoms with van der Waals surface area (Å²) in [5.41, 5.74) is 2.33. The van der Waals surface area contributed by atoms with E-state index in [0.29, 0.717) is 41.8 Å². The number of para-hydroxylation sites is 1. The van der Waals surface area contributed by atoms with Gasteiger partial charge in [-0.05, 0) is 30.3 Å². The molecule has 1 amide bonds. The molecule has 0 aliphatic rings. The van der Waals surface area contributed by atoms with Crippen LogP contribution in [0.25, 0.3) is 10.9 Å². The average Bonchev–Trinajstić information content (AvgIpc) is 3.22. The van der Waals surface area contributed by atoms with Gasteiger partial charge < -0.3 is 14.8 Å². The zero-order valence-electron chi connectivity index (χ0n) is 16.8. The second-order valence-corrected chi connectivity index (χ2v) is 7.71. The van der Waals surface area contributed by atoms with E-state index in [1.807, 2.05) is 30.3 Å². The Kier molecular flexibility index (Phi) is 6.23. The molecule has 0 aliphatic carbocycles. The number of carbonyl (C=O) groups excluding carboxylic acids is 1. The summed E-state index contributed by atoms with van der Waals surface area (Å²) in [4.78, 5) is 27.6. The van der Waals surface area contributed by atoms with E-state index in [1.165, 1.54) is 0 Å². The number of nitrogens with zero attached hydrogens (tertiary/aromatic N) is 2. The number of hydrogen-bond donors (Lipinski definition) is 2. The van der Waals surface area contributed by atoms with Gasteiger partial charge in [0.25, 0.3) is 5.91 Å². The molecule has 0 spiro atoms. The van der Waals surface area contributed by atoms with Crippen molar-refractivity contribution in [1.29, 1.82) is 0 Å². The van der Waals surface area contributed by atoms with E-state index >= 15 is 0 Å². The van der Waals surface area contributed by atoms with Crippen molar-refractivity contribution in [1.82, 2.24) is 20.5 Å². The standard InChI is InChI=1S/C22H20N4O4S/c1-29-19-12-15(17-4-2-3-5-18(17)24-19)13-30-16-8-6-14(7-9-16)21(27)23-11-10-20-25-26-22(28)31-20/h2-9,12H,10-11,13H2,1H3,(H,23,27)(H,26,28). The first kappa shape index (κ1) is 20.5. The molecule has 0 aliphatic heterocycles. The number of rotatable bonds is 8. The number of benzene rings is 2. The minimum absolute atomic E-state index is 0.195. The normalized spacial score (nSPS) is 10.7. The molecule has 31 heavy (non-hydrogen) atoms. The molecule has 158 valence electrons. The van der Waals surface area contributed by atoms with Crippen molar-refractivity contribution < 1.29 is 14.3 Å². The maximum Gasteiger partial charge on any atom is 0.322 e. The molecule has 2 N–H and O–H groups in total. The SMILES string of the molecule is COc1cc(COc2ccc(C(=O)NCCc3n[nH]c(=O)s3)cc2)c2ccccc2n1. The second kappa shape index (κ2) is 9.40. The molecule has 0 radical (unpaired) electrons. The molecule has 0 bridgehead atoms. The van der Waals surface area contributed by atoms with E-state index in [1.54, 1.807) is 31.4 Å². The van der Waals surface area contributed by atoms with Gasteiger partial charge in [-0.25, -0.2) is 10.1 Å². The third-order valence-corrected chi connectivity index (χ3v) is 5.41. The number of aromatic amines is 1. The van der Waals surface area contributed by atoms with Gasteiger partial charge in [-0.2, -0.15) is 5.10 Å². The monoisotopic (exact) mass is 436 g/mol. The summed E-state index contributed by atoms with van der Waals surface area (Å²) < 4.78 is 11.2. The number of fused-ring (bicyclic) bond motifs is 1. The van der Waals surface area contributed by atoms with Crippen molar-refractivity contribution in [3.05, 3.63) is 80.4 Å². The van der Waals surface area contributed by atoms with Gasteiger partial charge in [-0.1, -0.05) is 29.5 Å². The number of nitrogens with one attached hydrogen (secondary N) is 2. The number of methoxy groups -OCH3 is 1. The van der Waals surface area contributed by atoms with Gasteiger partial charge in [0.15, 0.2) is 0 Å². The Balaban J connectivity index is 1.36. The summed E-state index contributed by atoms with van der Waals surface area (Å²) in [6.07, 6.45) is 0.500. The number of hydrogen-bond acceptors (Lipinski definition) is 7. The number of H-pyrrole nitrogens is 1. The van der Waals surface area contributed by atoms with Crippen LogP contribution in [0.1, 0.15) is 20.9 Å². The van der Waals surface area contributed by atoms with Gasteiger partial charge in [0.2, 0.25) is 5.88 Å². The molecule has 0 saturated carbocycles. The fourth-order valence-electron chi connectivity index (χ4n) is 3.06. The summed E-state index contributed by atoms with van der Waals surface area (Å²) in [5, 5.41) is 10.7. The number of pyridine rings is 1. The zero-order chi connectivity index (χ0) is 21.6. The maximum absolute atomic E-state index is 12.3. The summed E-state index contributed by atoms with van der Waals surface area (Å²) in [6, 6.07) is 16.6. The molecular weight excluding hydrogens is 416 g/mol. The van der Waals surface area contributed by atoms with Crippen molar-refractivity contribution in [2.24, 2.45) is 0 Å². The topological polar surface area (TPSA) is 106 Å². The maximum atomic E-state index is 12.3. The van der Waals surface area contributed by atoms with Crippen LogP contribution in [0.2, 0.25) is 0 Å². The van der Waals surface area contributed by atoms with E-state index in [0.717, 1.165) is 27.8 Å². The molecular formula is C22H20N4O4S. The molecule has 2 heterocycles. The highest BCUT2D eigenvalue weighted by Gasteiger charge is 2.09. The molecule has 8 nitrogen and oxygen atoms in total. The molecule has 4 rings (SSSR count). The minimum Gasteiger partial charge on any atom is -0.489 e. The third kappa shape index (κ3) is 5.07. The van der Waals surface area contributed by atoms with Gasteiger partial charge in [0.05, 0.1) is 12.6 Å². The van der Waals surface area contributed by atoms with Crippen LogP contribution in [0.4, 0.5) is 0 Å². The molecule has 2 aromatic heterocycles. The highest BCUT2D eigenvalue weighted by Crippen LogP contribution is 2.23. The first-order chi connectivity index (χ1) is 15.1.